The lowest BCUT2D eigenvalue weighted by Gasteiger charge is -2.34. The summed E-state index contributed by atoms with van der Waals surface area (Å²) >= 11 is 0. The highest BCUT2D eigenvalue weighted by Crippen LogP contribution is 2.38. The Morgan fingerprint density at radius 1 is 1.40 bits per heavy atom. The summed E-state index contributed by atoms with van der Waals surface area (Å²) < 4.78 is 0. The van der Waals surface area contributed by atoms with E-state index in [0.29, 0.717) is 17.4 Å². The first-order valence-corrected chi connectivity index (χ1v) is 8.06. The monoisotopic (exact) mass is 279 g/mol. The minimum absolute atomic E-state index is 0.281. The van der Waals surface area contributed by atoms with Gasteiger partial charge in [0.25, 0.3) is 0 Å². The summed E-state index contributed by atoms with van der Waals surface area (Å²) in [7, 11) is 2.20. The zero-order valence-electron chi connectivity index (χ0n) is 14.3. The number of rotatable bonds is 6. The van der Waals surface area contributed by atoms with Gasteiger partial charge in [0.15, 0.2) is 0 Å². The van der Waals surface area contributed by atoms with E-state index in [2.05, 4.69) is 58.0 Å². The second-order valence-electron chi connectivity index (χ2n) is 8.06. The van der Waals surface area contributed by atoms with Crippen molar-refractivity contribution in [2.45, 2.75) is 71.9 Å². The van der Waals surface area contributed by atoms with Gasteiger partial charge in [0.2, 0.25) is 0 Å². The van der Waals surface area contributed by atoms with Crippen molar-refractivity contribution < 1.29 is 0 Å². The molecule has 1 rings (SSSR count). The van der Waals surface area contributed by atoms with Gasteiger partial charge in [-0.2, -0.15) is 5.26 Å². The third-order valence-electron chi connectivity index (χ3n) is 4.17. The maximum atomic E-state index is 9.66. The van der Waals surface area contributed by atoms with Crippen molar-refractivity contribution >= 4 is 0 Å². The number of nitriles is 1. The van der Waals surface area contributed by atoms with Gasteiger partial charge in [-0.15, -0.1) is 0 Å². The van der Waals surface area contributed by atoms with Gasteiger partial charge >= 0.3 is 0 Å². The van der Waals surface area contributed by atoms with Gasteiger partial charge in [-0.3, -0.25) is 5.32 Å². The van der Waals surface area contributed by atoms with Crippen LogP contribution < -0.4 is 5.32 Å². The molecule has 1 fully saturated rings. The first-order valence-electron chi connectivity index (χ1n) is 8.06. The van der Waals surface area contributed by atoms with Crippen LogP contribution in [0.4, 0.5) is 0 Å². The minimum atomic E-state index is -0.281. The van der Waals surface area contributed by atoms with E-state index in [4.69, 9.17) is 0 Å². The van der Waals surface area contributed by atoms with Crippen molar-refractivity contribution in [3.8, 4) is 6.07 Å². The third kappa shape index (κ3) is 5.07. The normalized spacial score (nSPS) is 27.2. The second kappa shape index (κ2) is 6.91. The molecular formula is C17H33N3. The van der Waals surface area contributed by atoms with Gasteiger partial charge in [-0.05, 0) is 58.0 Å². The molecule has 0 heterocycles. The molecule has 2 unspecified atom stereocenters. The molecule has 1 aliphatic rings. The molecule has 0 aliphatic heterocycles. The van der Waals surface area contributed by atoms with Crippen LogP contribution in [-0.4, -0.2) is 36.6 Å². The number of nitrogens with zero attached hydrogens (tertiary/aromatic N) is 2. The molecule has 1 N–H and O–H groups in total. The highest BCUT2D eigenvalue weighted by molar-refractivity contribution is 5.14. The summed E-state index contributed by atoms with van der Waals surface area (Å²) in [5.74, 6) is 0.498. The zero-order chi connectivity index (χ0) is 15.4. The van der Waals surface area contributed by atoms with Gasteiger partial charge < -0.3 is 4.90 Å². The molecular weight excluding hydrogens is 246 g/mol. The van der Waals surface area contributed by atoms with E-state index in [1.54, 1.807) is 0 Å². The van der Waals surface area contributed by atoms with Crippen molar-refractivity contribution in [3.63, 3.8) is 0 Å². The summed E-state index contributed by atoms with van der Waals surface area (Å²) in [4.78, 5) is 2.41. The molecule has 0 saturated heterocycles. The Labute approximate surface area is 125 Å². The number of hydrogen-bond acceptors (Lipinski definition) is 3. The Morgan fingerprint density at radius 2 is 2.05 bits per heavy atom. The second-order valence-corrected chi connectivity index (χ2v) is 8.06. The van der Waals surface area contributed by atoms with Crippen molar-refractivity contribution in [1.82, 2.24) is 10.2 Å². The molecule has 2 atom stereocenters. The summed E-state index contributed by atoms with van der Waals surface area (Å²) in [6.07, 6.45) is 4.51. The van der Waals surface area contributed by atoms with E-state index >= 15 is 0 Å². The Balaban J connectivity index is 2.56. The summed E-state index contributed by atoms with van der Waals surface area (Å²) in [5, 5.41) is 13.2. The number of nitrogens with one attached hydrogen (secondary N) is 1. The highest BCUT2D eigenvalue weighted by Gasteiger charge is 2.43. The van der Waals surface area contributed by atoms with Gasteiger partial charge in [0, 0.05) is 12.6 Å². The van der Waals surface area contributed by atoms with E-state index in [0.717, 1.165) is 25.9 Å². The molecule has 0 bridgehead atoms. The Hall–Kier alpha value is -0.590. The van der Waals surface area contributed by atoms with Crippen molar-refractivity contribution in [1.29, 1.82) is 5.26 Å². The molecule has 0 aromatic carbocycles. The molecule has 0 aromatic rings. The average Bonchev–Trinajstić information content (AvgIpc) is 2.67. The lowest BCUT2D eigenvalue weighted by molar-refractivity contribution is 0.196. The standard InChI is InChI=1S/C17H33N3/c1-14(2)19-17(12-18)10-7-8-15(17)9-11-20(6)13-16(3,4)5/h14-15,19H,7-11,13H2,1-6H3. The molecule has 0 spiro atoms. The lowest BCUT2D eigenvalue weighted by Crippen LogP contribution is -2.50. The van der Waals surface area contributed by atoms with E-state index < -0.39 is 0 Å². The van der Waals surface area contributed by atoms with Crippen LogP contribution in [0.3, 0.4) is 0 Å². The summed E-state index contributed by atoms with van der Waals surface area (Å²) in [5.41, 5.74) is 0.0592. The largest absolute Gasteiger partial charge is 0.306 e. The third-order valence-corrected chi connectivity index (χ3v) is 4.17. The first-order chi connectivity index (χ1) is 9.18. The fourth-order valence-electron chi connectivity index (χ4n) is 3.62. The topological polar surface area (TPSA) is 39.1 Å². The zero-order valence-corrected chi connectivity index (χ0v) is 14.3. The van der Waals surface area contributed by atoms with Gasteiger partial charge in [0.05, 0.1) is 6.07 Å². The van der Waals surface area contributed by atoms with Gasteiger partial charge in [-0.1, -0.05) is 27.2 Å². The molecule has 0 amide bonds. The molecule has 1 aliphatic carbocycles. The van der Waals surface area contributed by atoms with E-state index in [-0.39, 0.29) is 5.54 Å². The van der Waals surface area contributed by atoms with Crippen LogP contribution in [0.15, 0.2) is 0 Å². The fraction of sp³-hybridized carbons (Fsp3) is 0.941. The van der Waals surface area contributed by atoms with Crippen molar-refractivity contribution in [2.24, 2.45) is 11.3 Å². The SMILES string of the molecule is CC(C)NC1(C#N)CCCC1CCN(C)CC(C)(C)C. The maximum absolute atomic E-state index is 9.66. The number of hydrogen-bond donors (Lipinski definition) is 1. The molecule has 3 nitrogen and oxygen atoms in total. The van der Waals surface area contributed by atoms with Crippen LogP contribution in [0.25, 0.3) is 0 Å². The van der Waals surface area contributed by atoms with E-state index in [1.165, 1.54) is 12.8 Å². The van der Waals surface area contributed by atoms with Gasteiger partial charge in [-0.25, -0.2) is 0 Å². The van der Waals surface area contributed by atoms with Crippen LogP contribution in [0.5, 0.6) is 0 Å². The summed E-state index contributed by atoms with van der Waals surface area (Å²) in [6.45, 7) is 13.3. The van der Waals surface area contributed by atoms with Crippen LogP contribution in [0.2, 0.25) is 0 Å². The smallest absolute Gasteiger partial charge is 0.109 e. The molecule has 20 heavy (non-hydrogen) atoms. The Bertz CT molecular complexity index is 337. The Kier molecular flexibility index (Phi) is 6.04. The quantitative estimate of drug-likeness (QED) is 0.810. The van der Waals surface area contributed by atoms with Crippen LogP contribution in [0.1, 0.15) is 60.3 Å². The predicted molar refractivity (Wildman–Crippen MR) is 85.5 cm³/mol. The Morgan fingerprint density at radius 3 is 2.55 bits per heavy atom. The maximum Gasteiger partial charge on any atom is 0.109 e. The van der Waals surface area contributed by atoms with Crippen molar-refractivity contribution in [2.75, 3.05) is 20.1 Å². The molecule has 3 heteroatoms. The molecule has 116 valence electrons. The predicted octanol–water partition coefficient (Wildman–Crippen LogP) is 3.41. The van der Waals surface area contributed by atoms with E-state index in [1.807, 2.05) is 0 Å². The lowest BCUT2D eigenvalue weighted by atomic mass is 9.85. The van der Waals surface area contributed by atoms with Crippen molar-refractivity contribution in [3.05, 3.63) is 0 Å². The highest BCUT2D eigenvalue weighted by atomic mass is 15.1. The summed E-state index contributed by atoms with van der Waals surface area (Å²) in [6, 6.07) is 2.98. The molecule has 0 aromatic heterocycles. The first kappa shape index (κ1) is 17.5. The van der Waals surface area contributed by atoms with Crippen LogP contribution >= 0.6 is 0 Å². The van der Waals surface area contributed by atoms with Gasteiger partial charge in [0.1, 0.15) is 5.54 Å². The molecule has 0 radical (unpaired) electrons. The minimum Gasteiger partial charge on any atom is -0.306 e. The average molecular weight is 279 g/mol. The van der Waals surface area contributed by atoms with Crippen LogP contribution in [0, 0.1) is 22.7 Å². The van der Waals surface area contributed by atoms with E-state index in [9.17, 15) is 5.26 Å². The van der Waals surface area contributed by atoms with Crippen LogP contribution in [-0.2, 0) is 0 Å². The molecule has 1 saturated carbocycles. The fourth-order valence-corrected chi connectivity index (χ4v) is 3.62.